The molecule has 28 heavy (non-hydrogen) atoms. The number of nitrogens with zero attached hydrogens (tertiary/aromatic N) is 1. The molecule has 0 radical (unpaired) electrons. The summed E-state index contributed by atoms with van der Waals surface area (Å²) >= 11 is 0. The van der Waals surface area contributed by atoms with Crippen molar-refractivity contribution in [1.82, 2.24) is 5.32 Å². The molecule has 2 heterocycles. The highest BCUT2D eigenvalue weighted by atomic mass is 32.2. The van der Waals surface area contributed by atoms with E-state index in [1.165, 1.54) is 6.26 Å². The molecule has 4 N–H and O–H groups in total. The third-order valence-corrected chi connectivity index (χ3v) is 5.76. The van der Waals surface area contributed by atoms with E-state index in [0.29, 0.717) is 11.3 Å². The molecule has 0 saturated carbocycles. The van der Waals surface area contributed by atoms with E-state index in [9.17, 15) is 8.42 Å². The minimum Gasteiger partial charge on any atom is -0.455 e. The number of rotatable bonds is 4. The van der Waals surface area contributed by atoms with Crippen molar-refractivity contribution in [2.45, 2.75) is 11.8 Å². The number of anilines is 2. The summed E-state index contributed by atoms with van der Waals surface area (Å²) < 4.78 is 35.5. The molecule has 2 aromatic carbocycles. The highest BCUT2D eigenvalue weighted by Crippen LogP contribution is 2.40. The molecule has 0 spiro atoms. The van der Waals surface area contributed by atoms with Crippen LogP contribution in [0.1, 0.15) is 5.56 Å². The number of hydrogen-bond donors (Lipinski definition) is 3. The number of aryl methyl sites for hydroxylation is 1. The number of nitrogens with two attached hydrogens (primary N) is 1. The van der Waals surface area contributed by atoms with Crippen molar-refractivity contribution < 1.29 is 17.9 Å². The summed E-state index contributed by atoms with van der Waals surface area (Å²) in [6.07, 6.45) is 1.42. The Labute approximate surface area is 164 Å². The van der Waals surface area contributed by atoms with Gasteiger partial charge in [0.25, 0.3) is 0 Å². The van der Waals surface area contributed by atoms with Gasteiger partial charge in [0.1, 0.15) is 4.90 Å². The molecule has 2 aromatic rings. The van der Waals surface area contributed by atoms with E-state index in [0.717, 1.165) is 37.6 Å². The van der Waals surface area contributed by atoms with Gasteiger partial charge < -0.3 is 25.0 Å². The molecule has 0 bridgehead atoms. The van der Waals surface area contributed by atoms with Crippen LogP contribution in [0.4, 0.5) is 11.4 Å². The number of piperazine rings is 1. The van der Waals surface area contributed by atoms with Gasteiger partial charge in [-0.05, 0) is 30.7 Å². The van der Waals surface area contributed by atoms with Gasteiger partial charge in [0, 0.05) is 26.2 Å². The lowest BCUT2D eigenvalue weighted by atomic mass is 10.2. The summed E-state index contributed by atoms with van der Waals surface area (Å²) in [6, 6.07) is 11.2. The molecule has 2 aliphatic rings. The molecule has 2 aliphatic heterocycles. The van der Waals surface area contributed by atoms with Gasteiger partial charge >= 0.3 is 0 Å². The van der Waals surface area contributed by atoms with Crippen LogP contribution in [0.5, 0.6) is 11.5 Å². The lowest BCUT2D eigenvalue weighted by Crippen LogP contribution is -2.43. The summed E-state index contributed by atoms with van der Waals surface area (Å²) in [5, 5.41) is 11.9. The summed E-state index contributed by atoms with van der Waals surface area (Å²) in [5.74, 6) is 0.674. The molecule has 148 valence electrons. The quantitative estimate of drug-likeness (QED) is 0.715. The Morgan fingerprint density at radius 3 is 2.64 bits per heavy atom. The number of sulfonamides is 1. The van der Waals surface area contributed by atoms with E-state index in [2.05, 4.69) is 15.5 Å². The summed E-state index contributed by atoms with van der Waals surface area (Å²) in [7, 11) is -3.97. The van der Waals surface area contributed by atoms with Gasteiger partial charge in [0.2, 0.25) is 15.9 Å². The van der Waals surface area contributed by atoms with Gasteiger partial charge in [0.15, 0.2) is 17.8 Å². The number of nitrogens with one attached hydrogen (secondary N) is 2. The highest BCUT2D eigenvalue weighted by Gasteiger charge is 2.27. The SMILES string of the molecule is Cc1ccc2c(c1S(N)(=O)=O)OC(Nc1ccccc1N1CCNCC1)=CO2. The van der Waals surface area contributed by atoms with Gasteiger partial charge in [-0.1, -0.05) is 18.2 Å². The van der Waals surface area contributed by atoms with E-state index in [-0.39, 0.29) is 16.5 Å². The van der Waals surface area contributed by atoms with Crippen LogP contribution in [-0.2, 0) is 10.0 Å². The maximum atomic E-state index is 12.0. The second-order valence-electron chi connectivity index (χ2n) is 6.67. The molecule has 0 amide bonds. The Balaban J connectivity index is 1.63. The predicted octanol–water partition coefficient (Wildman–Crippen LogP) is 1.73. The van der Waals surface area contributed by atoms with Crippen molar-refractivity contribution in [3.05, 3.63) is 54.1 Å². The second-order valence-corrected chi connectivity index (χ2v) is 8.16. The monoisotopic (exact) mass is 402 g/mol. The van der Waals surface area contributed by atoms with Crippen molar-refractivity contribution in [1.29, 1.82) is 0 Å². The fourth-order valence-corrected chi connectivity index (χ4v) is 4.30. The summed E-state index contributed by atoms with van der Waals surface area (Å²) in [5.41, 5.74) is 2.37. The highest BCUT2D eigenvalue weighted by molar-refractivity contribution is 7.89. The number of benzene rings is 2. The average molecular weight is 402 g/mol. The first kappa shape index (κ1) is 18.6. The first-order valence-electron chi connectivity index (χ1n) is 8.96. The van der Waals surface area contributed by atoms with Crippen molar-refractivity contribution in [3.8, 4) is 11.5 Å². The predicted molar refractivity (Wildman–Crippen MR) is 107 cm³/mol. The van der Waals surface area contributed by atoms with Crippen LogP contribution in [-0.4, -0.2) is 34.6 Å². The van der Waals surface area contributed by atoms with Gasteiger partial charge in [0.05, 0.1) is 11.4 Å². The maximum absolute atomic E-state index is 12.0. The number of ether oxygens (including phenoxy) is 2. The van der Waals surface area contributed by atoms with Crippen LogP contribution in [0.15, 0.2) is 53.4 Å². The lowest BCUT2D eigenvalue weighted by Gasteiger charge is -2.31. The number of fused-ring (bicyclic) bond motifs is 1. The van der Waals surface area contributed by atoms with Crippen molar-refractivity contribution in [3.63, 3.8) is 0 Å². The van der Waals surface area contributed by atoms with Crippen molar-refractivity contribution >= 4 is 21.4 Å². The number of hydrogen-bond acceptors (Lipinski definition) is 7. The molecule has 0 unspecified atom stereocenters. The van der Waals surface area contributed by atoms with E-state index in [1.807, 2.05) is 24.3 Å². The van der Waals surface area contributed by atoms with Crippen LogP contribution in [0, 0.1) is 6.92 Å². The average Bonchev–Trinajstić information content (AvgIpc) is 2.68. The smallest absolute Gasteiger partial charge is 0.242 e. The van der Waals surface area contributed by atoms with E-state index in [4.69, 9.17) is 14.6 Å². The van der Waals surface area contributed by atoms with Crippen LogP contribution in [0.2, 0.25) is 0 Å². The number of primary sulfonamides is 1. The molecule has 0 aromatic heterocycles. The fraction of sp³-hybridized carbons (Fsp3) is 0.263. The Bertz CT molecular complexity index is 1030. The van der Waals surface area contributed by atoms with Crippen LogP contribution in [0.3, 0.4) is 0 Å². The fourth-order valence-electron chi connectivity index (χ4n) is 3.39. The molecule has 1 fully saturated rings. The van der Waals surface area contributed by atoms with E-state index >= 15 is 0 Å². The molecular weight excluding hydrogens is 380 g/mol. The zero-order valence-corrected chi connectivity index (χ0v) is 16.3. The maximum Gasteiger partial charge on any atom is 0.242 e. The van der Waals surface area contributed by atoms with Gasteiger partial charge in [-0.15, -0.1) is 0 Å². The van der Waals surface area contributed by atoms with Gasteiger partial charge in [-0.25, -0.2) is 13.6 Å². The zero-order chi connectivity index (χ0) is 19.7. The van der Waals surface area contributed by atoms with Crippen LogP contribution < -0.4 is 30.1 Å². The van der Waals surface area contributed by atoms with Crippen LogP contribution >= 0.6 is 0 Å². The molecule has 0 aliphatic carbocycles. The Hall–Kier alpha value is -2.75. The molecule has 1 saturated heterocycles. The minimum atomic E-state index is -3.97. The standard InChI is InChI=1S/C19H22N4O4S/c1-13-6-7-16-18(19(13)28(20,24)25)27-17(12-26-16)22-14-4-2-3-5-15(14)23-10-8-21-9-11-23/h2-7,12,21-22H,8-11H2,1H3,(H2,20,24,25). The first-order chi connectivity index (χ1) is 13.4. The molecule has 4 rings (SSSR count). The zero-order valence-electron chi connectivity index (χ0n) is 15.4. The molecule has 8 nitrogen and oxygen atoms in total. The first-order valence-corrected chi connectivity index (χ1v) is 10.5. The Morgan fingerprint density at radius 1 is 1.14 bits per heavy atom. The van der Waals surface area contributed by atoms with Crippen molar-refractivity contribution in [2.75, 3.05) is 36.4 Å². The largest absolute Gasteiger partial charge is 0.455 e. The minimum absolute atomic E-state index is 0.0761. The Morgan fingerprint density at radius 2 is 1.89 bits per heavy atom. The van der Waals surface area contributed by atoms with E-state index < -0.39 is 10.0 Å². The molecule has 9 heteroatoms. The topological polar surface area (TPSA) is 106 Å². The molecule has 0 atom stereocenters. The van der Waals surface area contributed by atoms with Gasteiger partial charge in [-0.3, -0.25) is 0 Å². The second kappa shape index (κ2) is 7.34. The third kappa shape index (κ3) is 3.64. The lowest BCUT2D eigenvalue weighted by molar-refractivity contribution is 0.322. The van der Waals surface area contributed by atoms with Gasteiger partial charge in [-0.2, -0.15) is 0 Å². The third-order valence-electron chi connectivity index (χ3n) is 4.68. The Kier molecular flexibility index (Phi) is 4.88. The summed E-state index contributed by atoms with van der Waals surface area (Å²) in [4.78, 5) is 2.20. The van der Waals surface area contributed by atoms with Crippen LogP contribution in [0.25, 0.3) is 0 Å². The van der Waals surface area contributed by atoms with E-state index in [1.54, 1.807) is 19.1 Å². The summed E-state index contributed by atoms with van der Waals surface area (Å²) in [6.45, 7) is 5.29. The van der Waals surface area contributed by atoms with Crippen molar-refractivity contribution in [2.24, 2.45) is 5.14 Å². The number of para-hydroxylation sites is 2. The normalized spacial score (nSPS) is 16.5. The molecular formula is C19H22N4O4S.